The lowest BCUT2D eigenvalue weighted by Crippen LogP contribution is -2.51. The van der Waals surface area contributed by atoms with Crippen molar-refractivity contribution in [2.45, 2.75) is 19.9 Å². The number of hydrogen-bond acceptors (Lipinski definition) is 5. The van der Waals surface area contributed by atoms with E-state index in [1.165, 1.54) is 21.3 Å². The Morgan fingerprint density at radius 2 is 1.74 bits per heavy atom. The molecule has 0 N–H and O–H groups in total. The number of nitriles is 1. The Kier molecular flexibility index (Phi) is 7.99. The molecule has 0 radical (unpaired) electrons. The van der Waals surface area contributed by atoms with E-state index in [0.717, 1.165) is 0 Å². The molecule has 10 heteroatoms. The molecule has 2 aromatic carbocycles. The number of urea groups is 1. The standard InChI is InChI=1S/C24H30FN5O3S/c1-4-15-34(32,33)30(18-19-5-7-21(25)8-6-19)22-9-10-23(20(16-22)17-26)28-11-13-29(14-12-28)24(31)27(2)3/h5-10,16H,4,11-15,18H2,1-3H3. The zero-order valence-corrected chi connectivity index (χ0v) is 20.6. The van der Waals surface area contributed by atoms with Gasteiger partial charge < -0.3 is 14.7 Å². The van der Waals surface area contributed by atoms with E-state index in [2.05, 4.69) is 6.07 Å². The lowest BCUT2D eigenvalue weighted by molar-refractivity contribution is 0.168. The van der Waals surface area contributed by atoms with Crippen molar-refractivity contribution in [1.82, 2.24) is 9.80 Å². The summed E-state index contributed by atoms with van der Waals surface area (Å²) in [6, 6.07) is 12.9. The average molecular weight is 488 g/mol. The number of carbonyl (C=O) groups is 1. The van der Waals surface area contributed by atoms with E-state index in [4.69, 9.17) is 0 Å². The molecule has 2 amide bonds. The first kappa shape index (κ1) is 25.3. The summed E-state index contributed by atoms with van der Waals surface area (Å²) in [5.74, 6) is -0.435. The van der Waals surface area contributed by atoms with Crippen molar-refractivity contribution in [2.75, 3.05) is 55.2 Å². The van der Waals surface area contributed by atoms with Crippen molar-refractivity contribution in [3.8, 4) is 6.07 Å². The van der Waals surface area contributed by atoms with Crippen molar-refractivity contribution in [1.29, 1.82) is 5.26 Å². The first-order valence-electron chi connectivity index (χ1n) is 11.2. The largest absolute Gasteiger partial charge is 0.367 e. The van der Waals surface area contributed by atoms with Gasteiger partial charge in [-0.2, -0.15) is 5.26 Å². The Bertz CT molecular complexity index is 1150. The van der Waals surface area contributed by atoms with Crippen LogP contribution < -0.4 is 9.21 Å². The number of anilines is 2. The van der Waals surface area contributed by atoms with Gasteiger partial charge in [-0.05, 0) is 42.3 Å². The maximum absolute atomic E-state index is 13.3. The predicted molar refractivity (Wildman–Crippen MR) is 131 cm³/mol. The lowest BCUT2D eigenvalue weighted by atomic mass is 10.1. The average Bonchev–Trinajstić information content (AvgIpc) is 2.82. The Morgan fingerprint density at radius 3 is 2.29 bits per heavy atom. The zero-order chi connectivity index (χ0) is 24.9. The van der Waals surface area contributed by atoms with Crippen LogP contribution in [0.4, 0.5) is 20.6 Å². The Hall–Kier alpha value is -3.32. The number of hydrogen-bond donors (Lipinski definition) is 0. The van der Waals surface area contributed by atoms with Crippen LogP contribution in [-0.4, -0.2) is 70.3 Å². The summed E-state index contributed by atoms with van der Waals surface area (Å²) in [6.07, 6.45) is 0.446. The maximum Gasteiger partial charge on any atom is 0.319 e. The van der Waals surface area contributed by atoms with Crippen LogP contribution in [0, 0.1) is 17.1 Å². The first-order chi connectivity index (χ1) is 16.2. The van der Waals surface area contributed by atoms with E-state index >= 15 is 0 Å². The smallest absolute Gasteiger partial charge is 0.319 e. The maximum atomic E-state index is 13.3. The number of sulfonamides is 1. The number of halogens is 1. The molecule has 3 rings (SSSR count). The number of carbonyl (C=O) groups excluding carboxylic acids is 1. The minimum atomic E-state index is -3.65. The summed E-state index contributed by atoms with van der Waals surface area (Å²) in [5, 5.41) is 9.84. The second kappa shape index (κ2) is 10.7. The number of nitrogens with zero attached hydrogens (tertiary/aromatic N) is 5. The van der Waals surface area contributed by atoms with Crippen LogP contribution >= 0.6 is 0 Å². The Morgan fingerprint density at radius 1 is 1.09 bits per heavy atom. The molecule has 1 saturated heterocycles. The highest BCUT2D eigenvalue weighted by Crippen LogP contribution is 2.30. The van der Waals surface area contributed by atoms with E-state index in [-0.39, 0.29) is 18.3 Å². The third-order valence-electron chi connectivity index (χ3n) is 5.70. The highest BCUT2D eigenvalue weighted by Gasteiger charge is 2.26. The quantitative estimate of drug-likeness (QED) is 0.598. The summed E-state index contributed by atoms with van der Waals surface area (Å²) in [7, 11) is -0.226. The van der Waals surface area contributed by atoms with Gasteiger partial charge in [-0.15, -0.1) is 0 Å². The van der Waals surface area contributed by atoms with Gasteiger partial charge in [-0.3, -0.25) is 4.31 Å². The van der Waals surface area contributed by atoms with Crippen LogP contribution in [0.5, 0.6) is 0 Å². The van der Waals surface area contributed by atoms with Gasteiger partial charge in [-0.25, -0.2) is 17.6 Å². The van der Waals surface area contributed by atoms with Crippen LogP contribution in [-0.2, 0) is 16.6 Å². The van der Waals surface area contributed by atoms with E-state index in [0.29, 0.717) is 55.1 Å². The molecule has 34 heavy (non-hydrogen) atoms. The SMILES string of the molecule is CCCS(=O)(=O)N(Cc1ccc(F)cc1)c1ccc(N2CCN(C(=O)N(C)C)CC2)c(C#N)c1. The number of rotatable bonds is 7. The molecule has 0 aliphatic carbocycles. The lowest BCUT2D eigenvalue weighted by Gasteiger charge is -2.37. The number of piperazine rings is 1. The van der Waals surface area contributed by atoms with Gasteiger partial charge in [0.2, 0.25) is 10.0 Å². The van der Waals surface area contributed by atoms with Gasteiger partial charge in [0.15, 0.2) is 0 Å². The van der Waals surface area contributed by atoms with Gasteiger partial charge in [0.05, 0.1) is 29.2 Å². The summed E-state index contributed by atoms with van der Waals surface area (Å²) >= 11 is 0. The van der Waals surface area contributed by atoms with Crippen LogP contribution in [0.2, 0.25) is 0 Å². The molecule has 1 aliphatic rings. The van der Waals surface area contributed by atoms with E-state index in [1.54, 1.807) is 56.3 Å². The fraction of sp³-hybridized carbons (Fsp3) is 0.417. The van der Waals surface area contributed by atoms with Gasteiger partial charge in [0.1, 0.15) is 11.9 Å². The minimum absolute atomic E-state index is 0.0398. The Balaban J connectivity index is 1.88. The second-order valence-corrected chi connectivity index (χ2v) is 10.4. The molecule has 8 nitrogen and oxygen atoms in total. The van der Waals surface area contributed by atoms with Crippen LogP contribution in [0.3, 0.4) is 0 Å². The van der Waals surface area contributed by atoms with E-state index in [9.17, 15) is 22.9 Å². The van der Waals surface area contributed by atoms with Crippen molar-refractivity contribution in [3.05, 3.63) is 59.4 Å². The van der Waals surface area contributed by atoms with Crippen molar-refractivity contribution in [2.24, 2.45) is 0 Å². The second-order valence-electron chi connectivity index (χ2n) is 8.41. The zero-order valence-electron chi connectivity index (χ0n) is 19.7. The van der Waals surface area contributed by atoms with Crippen molar-refractivity contribution in [3.63, 3.8) is 0 Å². The molecule has 0 bridgehead atoms. The molecule has 0 saturated carbocycles. The van der Waals surface area contributed by atoms with Crippen molar-refractivity contribution >= 4 is 27.4 Å². The van der Waals surface area contributed by atoms with Gasteiger partial charge in [0.25, 0.3) is 0 Å². The van der Waals surface area contributed by atoms with E-state index in [1.807, 2.05) is 4.90 Å². The molecule has 0 atom stereocenters. The minimum Gasteiger partial charge on any atom is -0.367 e. The molecule has 0 spiro atoms. The molecule has 2 aromatic rings. The molecule has 0 aromatic heterocycles. The molecule has 0 unspecified atom stereocenters. The Labute approximate surface area is 200 Å². The molecule has 1 aliphatic heterocycles. The van der Waals surface area contributed by atoms with Crippen LogP contribution in [0.15, 0.2) is 42.5 Å². The molecular weight excluding hydrogens is 457 g/mol. The summed E-state index contributed by atoms with van der Waals surface area (Å²) in [4.78, 5) is 17.5. The first-order valence-corrected chi connectivity index (χ1v) is 12.8. The number of benzene rings is 2. The molecule has 1 heterocycles. The fourth-order valence-corrected chi connectivity index (χ4v) is 5.46. The normalized spacial score (nSPS) is 14.0. The monoisotopic (exact) mass is 487 g/mol. The van der Waals surface area contributed by atoms with Crippen molar-refractivity contribution < 1.29 is 17.6 Å². The van der Waals surface area contributed by atoms with Crippen LogP contribution in [0.25, 0.3) is 0 Å². The molecule has 1 fully saturated rings. The summed E-state index contributed by atoms with van der Waals surface area (Å²) in [5.41, 5.74) is 2.10. The van der Waals surface area contributed by atoms with Gasteiger partial charge >= 0.3 is 6.03 Å². The van der Waals surface area contributed by atoms with Gasteiger partial charge in [0, 0.05) is 40.3 Å². The van der Waals surface area contributed by atoms with Gasteiger partial charge in [-0.1, -0.05) is 19.1 Å². The topological polar surface area (TPSA) is 88.0 Å². The van der Waals surface area contributed by atoms with Crippen LogP contribution in [0.1, 0.15) is 24.5 Å². The predicted octanol–water partition coefficient (Wildman–Crippen LogP) is 3.25. The third kappa shape index (κ3) is 5.78. The summed E-state index contributed by atoms with van der Waals surface area (Å²) < 4.78 is 40.7. The highest BCUT2D eigenvalue weighted by atomic mass is 32.2. The molecule has 182 valence electrons. The number of amides is 2. The summed E-state index contributed by atoms with van der Waals surface area (Å²) in [6.45, 7) is 4.04. The molecular formula is C24H30FN5O3S. The van der Waals surface area contributed by atoms with E-state index < -0.39 is 15.8 Å². The third-order valence-corrected chi connectivity index (χ3v) is 7.63. The fourth-order valence-electron chi connectivity index (χ4n) is 3.94. The highest BCUT2D eigenvalue weighted by molar-refractivity contribution is 7.92.